The highest BCUT2D eigenvalue weighted by atomic mass is 32.1. The quantitative estimate of drug-likeness (QED) is 0.403. The van der Waals surface area contributed by atoms with Gasteiger partial charge in [0, 0.05) is 48.1 Å². The number of methoxy groups -OCH3 is 1. The normalized spacial score (nSPS) is 18.0. The van der Waals surface area contributed by atoms with Crippen LogP contribution < -0.4 is 9.47 Å². The highest BCUT2D eigenvalue weighted by Crippen LogP contribution is 2.36. The standard InChI is InChI=1S/C26H26F2N4O4S/c1-34-21-7-4-10-29-25(21)35-14-23(33)32-11-8-16(9-12-32)26-30-20(15-37-26)19-13-22(36-31-19)17-5-2-3-6-18(17)24(27)28/h2-7,10,15-16,22,24H,8-9,11-14H2,1H3. The number of carbonyl (C=O) groups excluding carboxylic acids is 1. The smallest absolute Gasteiger partial charge is 0.264 e. The summed E-state index contributed by atoms with van der Waals surface area (Å²) in [5.74, 6) is 0.911. The lowest BCUT2D eigenvalue weighted by Gasteiger charge is -2.31. The molecule has 11 heteroatoms. The summed E-state index contributed by atoms with van der Waals surface area (Å²) >= 11 is 1.55. The van der Waals surface area contributed by atoms with Gasteiger partial charge in [-0.1, -0.05) is 29.4 Å². The minimum absolute atomic E-state index is 0.0335. The van der Waals surface area contributed by atoms with E-state index in [-0.39, 0.29) is 24.0 Å². The Morgan fingerprint density at radius 1 is 1.22 bits per heavy atom. The predicted octanol–water partition coefficient (Wildman–Crippen LogP) is 5.14. The predicted molar refractivity (Wildman–Crippen MR) is 133 cm³/mol. The molecule has 1 unspecified atom stereocenters. The maximum atomic E-state index is 13.4. The van der Waals surface area contributed by atoms with Crippen LogP contribution >= 0.6 is 11.3 Å². The summed E-state index contributed by atoms with van der Waals surface area (Å²) in [7, 11) is 1.53. The Morgan fingerprint density at radius 3 is 2.81 bits per heavy atom. The summed E-state index contributed by atoms with van der Waals surface area (Å²) in [6, 6.07) is 9.86. The summed E-state index contributed by atoms with van der Waals surface area (Å²) < 4.78 is 37.6. The Kier molecular flexibility index (Phi) is 7.59. The lowest BCUT2D eigenvalue weighted by atomic mass is 9.97. The number of rotatable bonds is 8. The number of carbonyl (C=O) groups is 1. The van der Waals surface area contributed by atoms with Crippen LogP contribution in [0, 0.1) is 0 Å². The van der Waals surface area contributed by atoms with Crippen molar-refractivity contribution in [1.29, 1.82) is 0 Å². The highest BCUT2D eigenvalue weighted by Gasteiger charge is 2.31. The Hall–Kier alpha value is -3.60. The van der Waals surface area contributed by atoms with Gasteiger partial charge in [0.2, 0.25) is 0 Å². The SMILES string of the molecule is COc1cccnc1OCC(=O)N1CCC(c2nc(C3=NOC(c4ccccc4C(F)F)C3)cs2)CC1. The number of likely N-dealkylation sites (tertiary alicyclic amines) is 1. The summed E-state index contributed by atoms with van der Waals surface area (Å²) in [6.07, 6.45) is 0.436. The largest absolute Gasteiger partial charge is 0.491 e. The third kappa shape index (κ3) is 5.56. The first kappa shape index (κ1) is 25.1. The van der Waals surface area contributed by atoms with Crippen LogP contribution in [-0.2, 0) is 9.63 Å². The van der Waals surface area contributed by atoms with E-state index in [0.29, 0.717) is 48.1 Å². The van der Waals surface area contributed by atoms with Gasteiger partial charge in [0.05, 0.1) is 17.8 Å². The van der Waals surface area contributed by atoms with E-state index in [0.717, 1.165) is 17.8 Å². The molecule has 5 rings (SSSR count). The zero-order valence-corrected chi connectivity index (χ0v) is 21.0. The monoisotopic (exact) mass is 528 g/mol. The van der Waals surface area contributed by atoms with Crippen LogP contribution in [0.2, 0.25) is 0 Å². The summed E-state index contributed by atoms with van der Waals surface area (Å²) in [4.78, 5) is 28.8. The molecule has 1 aromatic carbocycles. The molecule has 194 valence electrons. The molecule has 0 saturated carbocycles. The first-order valence-electron chi connectivity index (χ1n) is 12.0. The number of ether oxygens (including phenoxy) is 2. The van der Waals surface area contributed by atoms with E-state index < -0.39 is 12.5 Å². The minimum Gasteiger partial charge on any atom is -0.491 e. The maximum Gasteiger partial charge on any atom is 0.264 e. The topological polar surface area (TPSA) is 86.1 Å². The Balaban J connectivity index is 1.14. The maximum absolute atomic E-state index is 13.4. The first-order valence-corrected chi connectivity index (χ1v) is 12.9. The highest BCUT2D eigenvalue weighted by molar-refractivity contribution is 7.10. The van der Waals surface area contributed by atoms with E-state index in [1.54, 1.807) is 52.8 Å². The van der Waals surface area contributed by atoms with Crippen LogP contribution in [0.15, 0.2) is 53.1 Å². The van der Waals surface area contributed by atoms with Crippen molar-refractivity contribution in [2.24, 2.45) is 5.16 Å². The average Bonchev–Trinajstić information content (AvgIpc) is 3.62. The fourth-order valence-electron chi connectivity index (χ4n) is 4.54. The minimum atomic E-state index is -2.57. The molecule has 0 radical (unpaired) electrons. The molecule has 3 aromatic rings. The molecule has 1 saturated heterocycles. The van der Waals surface area contributed by atoms with E-state index in [2.05, 4.69) is 10.1 Å². The van der Waals surface area contributed by atoms with Crippen LogP contribution in [0.1, 0.15) is 59.5 Å². The molecular formula is C26H26F2N4O4S. The van der Waals surface area contributed by atoms with Crippen LogP contribution in [0.5, 0.6) is 11.6 Å². The number of oxime groups is 1. The van der Waals surface area contributed by atoms with Gasteiger partial charge in [0.15, 0.2) is 18.5 Å². The van der Waals surface area contributed by atoms with Gasteiger partial charge in [-0.05, 0) is 25.0 Å². The van der Waals surface area contributed by atoms with E-state index in [4.69, 9.17) is 19.3 Å². The van der Waals surface area contributed by atoms with Crippen LogP contribution in [-0.4, -0.2) is 53.3 Å². The van der Waals surface area contributed by atoms with Crippen molar-refractivity contribution in [3.8, 4) is 11.6 Å². The third-order valence-electron chi connectivity index (χ3n) is 6.55. The van der Waals surface area contributed by atoms with Gasteiger partial charge in [-0.2, -0.15) is 0 Å². The fourth-order valence-corrected chi connectivity index (χ4v) is 5.54. The molecule has 0 bridgehead atoms. The van der Waals surface area contributed by atoms with Crippen molar-refractivity contribution in [3.05, 3.63) is 69.8 Å². The molecule has 8 nitrogen and oxygen atoms in total. The molecule has 0 spiro atoms. The van der Waals surface area contributed by atoms with Crippen molar-refractivity contribution in [2.75, 3.05) is 26.8 Å². The van der Waals surface area contributed by atoms with E-state index in [1.165, 1.54) is 13.2 Å². The molecule has 2 aromatic heterocycles. The number of thiazole rings is 1. The molecule has 1 amide bonds. The molecule has 0 N–H and O–H groups in total. The Bertz CT molecular complexity index is 1280. The molecule has 1 atom stereocenters. The fraction of sp³-hybridized carbons (Fsp3) is 0.385. The Labute approximate surface area is 216 Å². The van der Waals surface area contributed by atoms with Crippen molar-refractivity contribution in [1.82, 2.24) is 14.9 Å². The van der Waals surface area contributed by atoms with Crippen LogP contribution in [0.3, 0.4) is 0 Å². The molecular weight excluding hydrogens is 502 g/mol. The number of alkyl halides is 2. The lowest BCUT2D eigenvalue weighted by molar-refractivity contribution is -0.134. The average molecular weight is 529 g/mol. The summed E-state index contributed by atoms with van der Waals surface area (Å²) in [5, 5.41) is 7.07. The second-order valence-electron chi connectivity index (χ2n) is 8.79. The molecule has 0 aliphatic carbocycles. The van der Waals surface area contributed by atoms with E-state index >= 15 is 0 Å². The van der Waals surface area contributed by atoms with Gasteiger partial charge in [-0.25, -0.2) is 18.7 Å². The second-order valence-corrected chi connectivity index (χ2v) is 9.68. The molecule has 1 fully saturated rings. The molecule has 37 heavy (non-hydrogen) atoms. The molecule has 2 aliphatic heterocycles. The van der Waals surface area contributed by atoms with Gasteiger partial charge < -0.3 is 19.2 Å². The number of pyridine rings is 1. The summed E-state index contributed by atoms with van der Waals surface area (Å²) in [5.41, 5.74) is 1.79. The van der Waals surface area contributed by atoms with Gasteiger partial charge in [0.25, 0.3) is 18.2 Å². The van der Waals surface area contributed by atoms with Gasteiger partial charge >= 0.3 is 0 Å². The van der Waals surface area contributed by atoms with Crippen LogP contribution in [0.25, 0.3) is 0 Å². The number of hydrogen-bond acceptors (Lipinski definition) is 8. The van der Waals surface area contributed by atoms with Gasteiger partial charge in [-0.3, -0.25) is 4.79 Å². The third-order valence-corrected chi connectivity index (χ3v) is 7.56. The summed E-state index contributed by atoms with van der Waals surface area (Å²) in [6.45, 7) is 1.12. The zero-order valence-electron chi connectivity index (χ0n) is 20.2. The number of hydrogen-bond donors (Lipinski definition) is 0. The second kappa shape index (κ2) is 11.2. The first-order chi connectivity index (χ1) is 18.0. The van der Waals surface area contributed by atoms with Gasteiger partial charge in [0.1, 0.15) is 5.71 Å². The van der Waals surface area contributed by atoms with Crippen molar-refractivity contribution < 1.29 is 27.9 Å². The number of halogens is 2. The number of piperidine rings is 1. The van der Waals surface area contributed by atoms with E-state index in [9.17, 15) is 13.6 Å². The Morgan fingerprint density at radius 2 is 2.03 bits per heavy atom. The van der Waals surface area contributed by atoms with Crippen LogP contribution in [0.4, 0.5) is 8.78 Å². The lowest BCUT2D eigenvalue weighted by Crippen LogP contribution is -2.40. The van der Waals surface area contributed by atoms with Gasteiger partial charge in [-0.15, -0.1) is 11.3 Å². The number of benzene rings is 1. The zero-order chi connectivity index (χ0) is 25.8. The van der Waals surface area contributed by atoms with Crippen molar-refractivity contribution >= 4 is 23.0 Å². The number of amides is 1. The van der Waals surface area contributed by atoms with E-state index in [1.807, 2.05) is 5.38 Å². The molecule has 2 aliphatic rings. The number of aromatic nitrogens is 2. The van der Waals surface area contributed by atoms with Crippen molar-refractivity contribution in [3.63, 3.8) is 0 Å². The number of nitrogens with zero attached hydrogens (tertiary/aromatic N) is 4. The molecule has 4 heterocycles. The van der Waals surface area contributed by atoms with Crippen molar-refractivity contribution in [2.45, 2.75) is 37.7 Å².